The van der Waals surface area contributed by atoms with Gasteiger partial charge >= 0.3 is 0 Å². The number of nitrogen functional groups attached to an aromatic ring is 1. The van der Waals surface area contributed by atoms with Crippen LogP contribution in [0, 0.1) is 11.6 Å². The Morgan fingerprint density at radius 3 is 2.38 bits per heavy atom. The van der Waals surface area contributed by atoms with E-state index in [9.17, 15) is 13.6 Å². The maximum Gasteiger partial charge on any atom is 0.268 e. The first-order valence-corrected chi connectivity index (χ1v) is 6.92. The molecule has 0 saturated carbocycles. The van der Waals surface area contributed by atoms with Gasteiger partial charge in [0, 0.05) is 10.1 Å². The van der Waals surface area contributed by atoms with Gasteiger partial charge in [-0.05, 0) is 18.2 Å². The number of amides is 1. The molecule has 3 aromatic rings. The third-order valence-electron chi connectivity index (χ3n) is 3.04. The highest BCUT2D eigenvalue weighted by atomic mass is 32.1. The van der Waals surface area contributed by atoms with Crippen molar-refractivity contribution < 1.29 is 13.6 Å². The highest BCUT2D eigenvalue weighted by molar-refractivity contribution is 7.21. The van der Waals surface area contributed by atoms with Crippen LogP contribution >= 0.6 is 11.3 Å². The summed E-state index contributed by atoms with van der Waals surface area (Å²) >= 11 is 1.18. The van der Waals surface area contributed by atoms with Crippen LogP contribution in [0.1, 0.15) is 9.67 Å². The van der Waals surface area contributed by atoms with Crippen molar-refractivity contribution in [3.8, 4) is 0 Å². The SMILES string of the molecule is Nc1c(C(=O)Nc2c(F)cccc2F)sc2ccccc12. The van der Waals surface area contributed by atoms with Gasteiger partial charge in [-0.2, -0.15) is 0 Å². The van der Waals surface area contributed by atoms with Gasteiger partial charge < -0.3 is 11.1 Å². The van der Waals surface area contributed by atoms with Crippen molar-refractivity contribution in [3.63, 3.8) is 0 Å². The molecule has 2 aromatic carbocycles. The number of carbonyl (C=O) groups excluding carboxylic acids is 1. The van der Waals surface area contributed by atoms with Gasteiger partial charge in [0.05, 0.1) is 5.69 Å². The Labute approximate surface area is 123 Å². The zero-order valence-corrected chi connectivity index (χ0v) is 11.5. The molecule has 1 aromatic heterocycles. The number of nitrogens with one attached hydrogen (secondary N) is 1. The molecule has 1 heterocycles. The van der Waals surface area contributed by atoms with Gasteiger partial charge in [0.15, 0.2) is 0 Å². The molecule has 0 aliphatic heterocycles. The summed E-state index contributed by atoms with van der Waals surface area (Å²) < 4.78 is 27.9. The van der Waals surface area contributed by atoms with E-state index in [-0.39, 0.29) is 4.88 Å². The number of thiophene rings is 1. The molecule has 0 aliphatic rings. The van der Waals surface area contributed by atoms with E-state index >= 15 is 0 Å². The van der Waals surface area contributed by atoms with E-state index in [1.807, 2.05) is 18.2 Å². The molecule has 106 valence electrons. The van der Waals surface area contributed by atoms with E-state index in [1.165, 1.54) is 17.4 Å². The van der Waals surface area contributed by atoms with Crippen molar-refractivity contribution in [1.29, 1.82) is 0 Å². The number of hydrogen-bond acceptors (Lipinski definition) is 3. The van der Waals surface area contributed by atoms with E-state index in [4.69, 9.17) is 5.73 Å². The minimum atomic E-state index is -0.831. The van der Waals surface area contributed by atoms with Crippen LogP contribution in [0.2, 0.25) is 0 Å². The number of rotatable bonds is 2. The fourth-order valence-corrected chi connectivity index (χ4v) is 3.04. The minimum absolute atomic E-state index is 0.235. The molecule has 0 radical (unpaired) electrons. The predicted molar refractivity (Wildman–Crippen MR) is 80.5 cm³/mol. The number of nitrogens with two attached hydrogens (primary N) is 1. The molecule has 1 amide bonds. The summed E-state index contributed by atoms with van der Waals surface area (Å²) in [5, 5.41) is 2.99. The molecule has 0 aliphatic carbocycles. The van der Waals surface area contributed by atoms with Crippen molar-refractivity contribution in [3.05, 3.63) is 59.0 Å². The molecular weight excluding hydrogens is 294 g/mol. The van der Waals surface area contributed by atoms with E-state index in [1.54, 1.807) is 6.07 Å². The molecule has 0 bridgehead atoms. The van der Waals surface area contributed by atoms with Crippen molar-refractivity contribution >= 4 is 38.7 Å². The second kappa shape index (κ2) is 5.14. The fourth-order valence-electron chi connectivity index (χ4n) is 2.02. The number of para-hydroxylation sites is 1. The van der Waals surface area contributed by atoms with Gasteiger partial charge in [0.25, 0.3) is 5.91 Å². The lowest BCUT2D eigenvalue weighted by Gasteiger charge is -2.06. The largest absolute Gasteiger partial charge is 0.397 e. The van der Waals surface area contributed by atoms with E-state index in [0.29, 0.717) is 5.69 Å². The summed E-state index contributed by atoms with van der Waals surface area (Å²) in [7, 11) is 0. The van der Waals surface area contributed by atoms with Gasteiger partial charge in [-0.1, -0.05) is 24.3 Å². The molecule has 3 nitrogen and oxygen atoms in total. The second-order valence-corrected chi connectivity index (χ2v) is 5.44. The third-order valence-corrected chi connectivity index (χ3v) is 4.23. The maximum absolute atomic E-state index is 13.5. The molecular formula is C15H10F2N2OS. The van der Waals surface area contributed by atoms with Crippen molar-refractivity contribution in [1.82, 2.24) is 0 Å². The van der Waals surface area contributed by atoms with E-state index in [0.717, 1.165) is 22.2 Å². The summed E-state index contributed by atoms with van der Waals surface area (Å²) in [6.45, 7) is 0. The average Bonchev–Trinajstić information content (AvgIpc) is 2.81. The molecule has 0 saturated heterocycles. The Kier molecular flexibility index (Phi) is 3.31. The number of hydrogen-bond donors (Lipinski definition) is 2. The summed E-state index contributed by atoms with van der Waals surface area (Å²) in [6.07, 6.45) is 0. The lowest BCUT2D eigenvalue weighted by Crippen LogP contribution is -2.14. The Hall–Kier alpha value is -2.47. The van der Waals surface area contributed by atoms with E-state index < -0.39 is 23.2 Å². The zero-order chi connectivity index (χ0) is 15.0. The second-order valence-electron chi connectivity index (χ2n) is 4.39. The maximum atomic E-state index is 13.5. The first-order valence-electron chi connectivity index (χ1n) is 6.10. The summed E-state index contributed by atoms with van der Waals surface area (Å²) in [5.74, 6) is -2.29. The Bertz CT molecular complexity index is 825. The quantitative estimate of drug-likeness (QED) is 0.751. The van der Waals surface area contributed by atoms with Crippen molar-refractivity contribution in [2.45, 2.75) is 0 Å². The Balaban J connectivity index is 2.00. The zero-order valence-electron chi connectivity index (χ0n) is 10.7. The van der Waals surface area contributed by atoms with Gasteiger partial charge in [-0.25, -0.2) is 8.78 Å². The average molecular weight is 304 g/mol. The Morgan fingerprint density at radius 1 is 1.05 bits per heavy atom. The molecule has 6 heteroatoms. The normalized spacial score (nSPS) is 10.8. The highest BCUT2D eigenvalue weighted by Crippen LogP contribution is 2.34. The number of benzene rings is 2. The van der Waals surface area contributed by atoms with Crippen LogP contribution in [-0.2, 0) is 0 Å². The van der Waals surface area contributed by atoms with Crippen molar-refractivity contribution in [2.75, 3.05) is 11.1 Å². The highest BCUT2D eigenvalue weighted by Gasteiger charge is 2.19. The van der Waals surface area contributed by atoms with Gasteiger partial charge in [0.2, 0.25) is 0 Å². The van der Waals surface area contributed by atoms with Crippen LogP contribution in [0.3, 0.4) is 0 Å². The van der Waals surface area contributed by atoms with Crippen LogP contribution in [0.5, 0.6) is 0 Å². The minimum Gasteiger partial charge on any atom is -0.397 e. The summed E-state index contributed by atoms with van der Waals surface area (Å²) in [5.41, 5.74) is 5.77. The molecule has 0 unspecified atom stereocenters. The Morgan fingerprint density at radius 2 is 1.71 bits per heavy atom. The van der Waals surface area contributed by atoms with Crippen LogP contribution < -0.4 is 11.1 Å². The molecule has 0 fully saturated rings. The fraction of sp³-hybridized carbons (Fsp3) is 0. The van der Waals surface area contributed by atoms with Crippen LogP contribution in [0.25, 0.3) is 10.1 Å². The smallest absolute Gasteiger partial charge is 0.268 e. The predicted octanol–water partition coefficient (Wildman–Crippen LogP) is 4.01. The van der Waals surface area contributed by atoms with Crippen LogP contribution in [-0.4, -0.2) is 5.91 Å². The van der Waals surface area contributed by atoms with Gasteiger partial charge in [-0.15, -0.1) is 11.3 Å². The molecule has 3 rings (SSSR count). The standard InChI is InChI=1S/C15H10F2N2OS/c16-9-5-3-6-10(17)13(9)19-15(20)14-12(18)8-4-1-2-7-11(8)21-14/h1-7H,18H2,(H,19,20). The van der Waals surface area contributed by atoms with Crippen molar-refractivity contribution in [2.24, 2.45) is 0 Å². The number of fused-ring (bicyclic) bond motifs is 1. The topological polar surface area (TPSA) is 55.1 Å². The van der Waals surface area contributed by atoms with Crippen LogP contribution in [0.4, 0.5) is 20.2 Å². The lowest BCUT2D eigenvalue weighted by molar-refractivity contribution is 0.103. The summed E-state index contributed by atoms with van der Waals surface area (Å²) in [4.78, 5) is 12.4. The van der Waals surface area contributed by atoms with E-state index in [2.05, 4.69) is 5.32 Å². The number of carbonyl (C=O) groups is 1. The number of anilines is 2. The third kappa shape index (κ3) is 2.34. The monoisotopic (exact) mass is 304 g/mol. The molecule has 0 spiro atoms. The van der Waals surface area contributed by atoms with Gasteiger partial charge in [-0.3, -0.25) is 4.79 Å². The summed E-state index contributed by atoms with van der Waals surface area (Å²) in [6, 6.07) is 10.6. The van der Waals surface area contributed by atoms with Crippen LogP contribution in [0.15, 0.2) is 42.5 Å². The lowest BCUT2D eigenvalue weighted by atomic mass is 10.2. The molecule has 3 N–H and O–H groups in total. The van der Waals surface area contributed by atoms with Gasteiger partial charge in [0.1, 0.15) is 22.2 Å². The number of halogens is 2. The first kappa shape index (κ1) is 13.5. The molecule has 21 heavy (non-hydrogen) atoms. The molecule has 0 atom stereocenters. The first-order chi connectivity index (χ1) is 10.1.